The topological polar surface area (TPSA) is 196 Å². The highest BCUT2D eigenvalue weighted by atomic mass is 32.2. The number of benzene rings is 2. The van der Waals surface area contributed by atoms with Gasteiger partial charge >= 0.3 is 0 Å². The third kappa shape index (κ3) is 4.02. The van der Waals surface area contributed by atoms with Gasteiger partial charge < -0.3 is 11.5 Å². The van der Waals surface area contributed by atoms with Gasteiger partial charge in [-0.15, -0.1) is 5.11 Å². The summed E-state index contributed by atoms with van der Waals surface area (Å²) >= 11 is 1.26. The lowest BCUT2D eigenvalue weighted by Gasteiger charge is -2.17. The van der Waals surface area contributed by atoms with E-state index in [-0.39, 0.29) is 18.1 Å². The van der Waals surface area contributed by atoms with Crippen LogP contribution in [0.4, 0.5) is 5.13 Å². The number of azo groups is 1. The summed E-state index contributed by atoms with van der Waals surface area (Å²) in [5.41, 5.74) is 12.9. The summed E-state index contributed by atoms with van der Waals surface area (Å²) < 4.78 is 52.3. The van der Waals surface area contributed by atoms with Crippen molar-refractivity contribution in [2.24, 2.45) is 26.1 Å². The molecule has 168 valence electrons. The van der Waals surface area contributed by atoms with E-state index in [0.717, 1.165) is 4.70 Å². The summed E-state index contributed by atoms with van der Waals surface area (Å²) in [5.74, 6) is -0.511. The van der Waals surface area contributed by atoms with Crippen molar-refractivity contribution in [1.82, 2.24) is 4.98 Å². The van der Waals surface area contributed by atoms with Gasteiger partial charge in [0.05, 0.1) is 26.4 Å². The number of thiazole rings is 1. The molecule has 0 spiro atoms. The van der Waals surface area contributed by atoms with Crippen LogP contribution in [0.1, 0.15) is 12.5 Å². The molecule has 2 heterocycles. The maximum absolute atomic E-state index is 13.0. The van der Waals surface area contributed by atoms with E-state index < -0.39 is 41.4 Å². The summed E-state index contributed by atoms with van der Waals surface area (Å²) in [6.07, 6.45) is 0. The van der Waals surface area contributed by atoms with Crippen molar-refractivity contribution in [2.75, 3.05) is 18.2 Å². The van der Waals surface area contributed by atoms with Gasteiger partial charge in [-0.05, 0) is 24.6 Å². The maximum atomic E-state index is 13.0. The van der Waals surface area contributed by atoms with Gasteiger partial charge in [0.15, 0.2) is 27.5 Å². The van der Waals surface area contributed by atoms with Crippen molar-refractivity contribution in [1.29, 1.82) is 0 Å². The first-order valence-corrected chi connectivity index (χ1v) is 13.3. The van der Waals surface area contributed by atoms with Crippen LogP contribution in [0.2, 0.25) is 0 Å². The Hall–Kier alpha value is -2.78. The number of fused-ring (bicyclic) bond motifs is 1. The van der Waals surface area contributed by atoms with E-state index in [4.69, 9.17) is 16.6 Å². The molecule has 2 aromatic carbocycles. The number of amidine groups is 1. The van der Waals surface area contributed by atoms with Gasteiger partial charge in [-0.3, -0.25) is 0 Å². The molecule has 0 radical (unpaired) electrons. The minimum Gasteiger partial charge on any atom is -0.375 e. The molecule has 0 saturated carbocycles. The summed E-state index contributed by atoms with van der Waals surface area (Å²) in [7, 11) is -8.65. The van der Waals surface area contributed by atoms with E-state index in [2.05, 4.69) is 20.2 Å². The molecule has 0 unspecified atom stereocenters. The fourth-order valence-corrected chi connectivity index (χ4v) is 7.37. The molecule has 1 atom stereocenters. The lowest BCUT2D eigenvalue weighted by Crippen LogP contribution is -2.28. The number of rotatable bonds is 6. The van der Waals surface area contributed by atoms with Crippen molar-refractivity contribution in [2.45, 2.75) is 22.8 Å². The van der Waals surface area contributed by atoms with Crippen LogP contribution in [-0.2, 0) is 19.9 Å². The third-order valence-corrected chi connectivity index (χ3v) is 8.57. The van der Waals surface area contributed by atoms with Crippen molar-refractivity contribution in [3.8, 4) is 11.1 Å². The molecule has 32 heavy (non-hydrogen) atoms. The molecular formula is C18H19N7O4S3. The standard InChI is InChI=1S/C18H19N7O4S3/c1-9(19)7-31(26,27)13-6-5-10(11-3-2-4-12-15(11)24-18(20)30-12)14(16(13)32(21,28)29)17-22-8-23-25-17/h2-6,9H,7-8,19H2,1H3,(H2,20,24)(H2,21,28,29)/t9-/m1/s1. The molecule has 0 fully saturated rings. The van der Waals surface area contributed by atoms with E-state index in [1.807, 2.05) is 6.07 Å². The molecule has 0 aliphatic carbocycles. The highest BCUT2D eigenvalue weighted by Gasteiger charge is 2.33. The molecule has 3 aromatic rings. The van der Waals surface area contributed by atoms with Crippen LogP contribution >= 0.6 is 11.3 Å². The smallest absolute Gasteiger partial charge is 0.240 e. The first kappa shape index (κ1) is 22.4. The predicted molar refractivity (Wildman–Crippen MR) is 123 cm³/mol. The molecule has 0 bridgehead atoms. The van der Waals surface area contributed by atoms with Crippen LogP contribution in [0.3, 0.4) is 0 Å². The number of hydrogen-bond acceptors (Lipinski definition) is 11. The molecular weight excluding hydrogens is 474 g/mol. The fraction of sp³-hybridized carbons (Fsp3) is 0.222. The summed E-state index contributed by atoms with van der Waals surface area (Å²) in [6, 6.07) is 7.26. The second-order valence-corrected chi connectivity index (χ2v) is 11.8. The summed E-state index contributed by atoms with van der Waals surface area (Å²) in [5, 5.41) is 13.6. The average Bonchev–Trinajstić information content (AvgIpc) is 3.33. The number of nitrogens with two attached hydrogens (primary N) is 3. The number of para-hydroxylation sites is 1. The van der Waals surface area contributed by atoms with E-state index in [1.54, 1.807) is 12.1 Å². The maximum Gasteiger partial charge on any atom is 0.240 e. The van der Waals surface area contributed by atoms with Crippen LogP contribution in [0, 0.1) is 0 Å². The normalized spacial score (nSPS) is 15.3. The second-order valence-electron chi connectivity index (χ2n) is 7.19. The number of sulfone groups is 1. The minimum absolute atomic E-state index is 0.0243. The van der Waals surface area contributed by atoms with Crippen molar-refractivity contribution >= 4 is 52.4 Å². The highest BCUT2D eigenvalue weighted by molar-refractivity contribution is 7.93. The molecule has 4 rings (SSSR count). The predicted octanol–water partition coefficient (Wildman–Crippen LogP) is 1.48. The van der Waals surface area contributed by atoms with E-state index in [0.29, 0.717) is 21.8 Å². The van der Waals surface area contributed by atoms with Gasteiger partial charge in [0.1, 0.15) is 4.90 Å². The van der Waals surface area contributed by atoms with E-state index in [1.165, 1.54) is 30.4 Å². The second kappa shape index (κ2) is 7.97. The Kier molecular flexibility index (Phi) is 5.58. The largest absolute Gasteiger partial charge is 0.375 e. The number of nitrogen functional groups attached to an aromatic ring is 1. The van der Waals surface area contributed by atoms with Crippen molar-refractivity contribution in [3.63, 3.8) is 0 Å². The van der Waals surface area contributed by atoms with Crippen LogP contribution < -0.4 is 16.6 Å². The number of primary sulfonamides is 1. The zero-order valence-electron chi connectivity index (χ0n) is 16.8. The Balaban J connectivity index is 2.15. The Morgan fingerprint density at radius 3 is 2.50 bits per heavy atom. The van der Waals surface area contributed by atoms with E-state index >= 15 is 0 Å². The monoisotopic (exact) mass is 493 g/mol. The minimum atomic E-state index is -4.54. The average molecular weight is 494 g/mol. The van der Waals surface area contributed by atoms with Crippen LogP contribution in [0.5, 0.6) is 0 Å². The molecule has 1 aromatic heterocycles. The molecule has 1 aliphatic heterocycles. The van der Waals surface area contributed by atoms with Gasteiger partial charge in [-0.25, -0.2) is 32.0 Å². The molecule has 0 amide bonds. The van der Waals surface area contributed by atoms with Gasteiger partial charge in [0, 0.05) is 11.6 Å². The lowest BCUT2D eigenvalue weighted by atomic mass is 9.98. The Morgan fingerprint density at radius 2 is 1.88 bits per heavy atom. The summed E-state index contributed by atoms with van der Waals surface area (Å²) in [6.45, 7) is 1.48. The van der Waals surface area contributed by atoms with Gasteiger partial charge in [0.25, 0.3) is 0 Å². The number of sulfonamides is 1. The van der Waals surface area contributed by atoms with Crippen LogP contribution in [-0.4, -0.2) is 46.1 Å². The number of nitrogens with zero attached hydrogens (tertiary/aromatic N) is 4. The van der Waals surface area contributed by atoms with Crippen LogP contribution in [0.25, 0.3) is 21.3 Å². The quantitative estimate of drug-likeness (QED) is 0.462. The first-order valence-electron chi connectivity index (χ1n) is 9.25. The van der Waals surface area contributed by atoms with Gasteiger partial charge in [-0.1, -0.05) is 29.5 Å². The number of anilines is 1. The zero-order valence-corrected chi connectivity index (χ0v) is 19.2. The molecule has 1 aliphatic rings. The first-order chi connectivity index (χ1) is 15.0. The SMILES string of the molecule is C[C@@H](N)CS(=O)(=O)c1ccc(-c2cccc3sc(N)nc23)c(C2=NCN=N2)c1S(N)(=O)=O. The van der Waals surface area contributed by atoms with Crippen molar-refractivity contribution in [3.05, 3.63) is 35.9 Å². The van der Waals surface area contributed by atoms with Gasteiger partial charge in [-0.2, -0.15) is 5.11 Å². The Bertz CT molecular complexity index is 1510. The fourth-order valence-electron chi connectivity index (χ4n) is 3.51. The molecule has 14 heteroatoms. The molecule has 11 nitrogen and oxygen atoms in total. The number of aromatic nitrogens is 1. The molecule has 0 saturated heterocycles. The lowest BCUT2D eigenvalue weighted by molar-refractivity contribution is 0.579. The Labute approximate surface area is 188 Å². The highest BCUT2D eigenvalue weighted by Crippen LogP contribution is 2.39. The van der Waals surface area contributed by atoms with E-state index in [9.17, 15) is 16.8 Å². The van der Waals surface area contributed by atoms with Crippen molar-refractivity contribution < 1.29 is 16.8 Å². The van der Waals surface area contributed by atoms with Crippen LogP contribution in [0.15, 0.2) is 55.3 Å². The zero-order chi connectivity index (χ0) is 23.3. The summed E-state index contributed by atoms with van der Waals surface area (Å²) in [4.78, 5) is 7.42. The third-order valence-electron chi connectivity index (χ3n) is 4.62. The molecule has 6 N–H and O–H groups in total. The number of aliphatic imine (C=N–C) groups is 1. The van der Waals surface area contributed by atoms with Gasteiger partial charge in [0.2, 0.25) is 10.0 Å². The number of hydrogen-bond donors (Lipinski definition) is 3. The Morgan fingerprint density at radius 1 is 1.12 bits per heavy atom.